The molecule has 7 nitrogen and oxygen atoms in total. The maximum absolute atomic E-state index is 12.6. The predicted molar refractivity (Wildman–Crippen MR) is 140 cm³/mol. The third-order valence-electron chi connectivity index (χ3n) is 5.87. The van der Waals surface area contributed by atoms with Crippen LogP contribution in [-0.2, 0) is 16.0 Å². The van der Waals surface area contributed by atoms with Gasteiger partial charge in [0, 0.05) is 18.7 Å². The molecule has 0 spiro atoms. The van der Waals surface area contributed by atoms with Crippen molar-refractivity contribution in [1.82, 2.24) is 0 Å². The summed E-state index contributed by atoms with van der Waals surface area (Å²) in [5.41, 5.74) is 2.54. The Bertz CT molecular complexity index is 1150. The van der Waals surface area contributed by atoms with Gasteiger partial charge in [-0.15, -0.1) is 0 Å². The monoisotopic (exact) mass is 488 g/mol. The fourth-order valence-corrected chi connectivity index (χ4v) is 3.92. The van der Waals surface area contributed by atoms with E-state index in [2.05, 4.69) is 24.4 Å². The van der Waals surface area contributed by atoms with Gasteiger partial charge in [0.2, 0.25) is 5.91 Å². The van der Waals surface area contributed by atoms with Crippen LogP contribution in [-0.4, -0.2) is 38.2 Å². The van der Waals surface area contributed by atoms with Gasteiger partial charge in [-0.1, -0.05) is 37.3 Å². The van der Waals surface area contributed by atoms with E-state index >= 15 is 0 Å². The number of amides is 2. The third kappa shape index (κ3) is 7.01. The van der Waals surface area contributed by atoms with Crippen molar-refractivity contribution in [2.75, 3.05) is 36.6 Å². The molecule has 0 saturated heterocycles. The molecule has 7 heteroatoms. The van der Waals surface area contributed by atoms with E-state index in [0.717, 1.165) is 17.9 Å². The Morgan fingerprint density at radius 3 is 2.42 bits per heavy atom. The van der Waals surface area contributed by atoms with Gasteiger partial charge in [0.1, 0.15) is 17.2 Å². The highest BCUT2D eigenvalue weighted by Gasteiger charge is 2.25. The highest BCUT2D eigenvalue weighted by Crippen LogP contribution is 2.34. The minimum absolute atomic E-state index is 0.000539. The van der Waals surface area contributed by atoms with Crippen molar-refractivity contribution in [3.05, 3.63) is 78.4 Å². The highest BCUT2D eigenvalue weighted by molar-refractivity contribution is 5.99. The zero-order valence-corrected chi connectivity index (χ0v) is 20.6. The lowest BCUT2D eigenvalue weighted by Gasteiger charge is -2.30. The Morgan fingerprint density at radius 1 is 0.944 bits per heavy atom. The van der Waals surface area contributed by atoms with E-state index < -0.39 is 0 Å². The maximum Gasteiger partial charge on any atom is 0.265 e. The maximum atomic E-state index is 12.6. The summed E-state index contributed by atoms with van der Waals surface area (Å²) in [5.74, 6) is 2.01. The van der Waals surface area contributed by atoms with Crippen molar-refractivity contribution >= 4 is 23.2 Å². The molecule has 0 aromatic heterocycles. The molecule has 1 N–H and O–H groups in total. The first kappa shape index (κ1) is 25.1. The Labute approximate surface area is 212 Å². The zero-order valence-electron chi connectivity index (χ0n) is 20.6. The molecular formula is C29H32N2O5. The number of nitrogens with one attached hydrogen (secondary N) is 1. The molecule has 0 aliphatic carbocycles. The molecule has 0 atom stereocenters. The van der Waals surface area contributed by atoms with Gasteiger partial charge in [0.25, 0.3) is 5.91 Å². The number of aryl methyl sites for hydroxylation is 1. The van der Waals surface area contributed by atoms with Gasteiger partial charge in [-0.05, 0) is 67.3 Å². The number of fused-ring (bicyclic) bond motifs is 1. The molecule has 0 fully saturated rings. The molecule has 0 saturated carbocycles. The third-order valence-corrected chi connectivity index (χ3v) is 5.87. The molecule has 4 rings (SSSR count). The highest BCUT2D eigenvalue weighted by atomic mass is 16.5. The molecular weight excluding hydrogens is 456 g/mol. The number of benzene rings is 3. The summed E-state index contributed by atoms with van der Waals surface area (Å²) in [6, 6.07) is 22.9. The summed E-state index contributed by atoms with van der Waals surface area (Å²) in [4.78, 5) is 26.7. The van der Waals surface area contributed by atoms with Crippen molar-refractivity contribution in [1.29, 1.82) is 0 Å². The van der Waals surface area contributed by atoms with E-state index in [1.54, 1.807) is 23.1 Å². The average Bonchev–Trinajstić information content (AvgIpc) is 2.91. The van der Waals surface area contributed by atoms with E-state index in [-0.39, 0.29) is 18.4 Å². The number of ether oxygens (including phenoxy) is 3. The minimum Gasteiger partial charge on any atom is -0.494 e. The van der Waals surface area contributed by atoms with Crippen LogP contribution >= 0.6 is 0 Å². The van der Waals surface area contributed by atoms with Crippen LogP contribution in [0.4, 0.5) is 11.4 Å². The summed E-state index contributed by atoms with van der Waals surface area (Å²) in [5, 5.41) is 2.91. The van der Waals surface area contributed by atoms with Gasteiger partial charge in [-0.25, -0.2) is 0 Å². The average molecular weight is 489 g/mol. The first-order valence-corrected chi connectivity index (χ1v) is 12.4. The molecule has 0 bridgehead atoms. The minimum atomic E-state index is -0.115. The van der Waals surface area contributed by atoms with Crippen LogP contribution in [0.1, 0.15) is 31.7 Å². The number of rotatable bonds is 12. The lowest BCUT2D eigenvalue weighted by molar-refractivity contribution is -0.121. The first-order chi connectivity index (χ1) is 17.6. The second-order valence-corrected chi connectivity index (χ2v) is 8.53. The van der Waals surface area contributed by atoms with Crippen molar-refractivity contribution in [2.24, 2.45) is 0 Å². The summed E-state index contributed by atoms with van der Waals surface area (Å²) < 4.78 is 17.1. The van der Waals surface area contributed by atoms with Crippen LogP contribution in [0, 0.1) is 0 Å². The van der Waals surface area contributed by atoms with E-state index in [0.29, 0.717) is 56.1 Å². The number of carbonyl (C=O) groups is 2. The molecule has 36 heavy (non-hydrogen) atoms. The lowest BCUT2D eigenvalue weighted by atomic mass is 10.2. The van der Waals surface area contributed by atoms with Crippen LogP contribution in [0.25, 0.3) is 0 Å². The van der Waals surface area contributed by atoms with E-state index in [1.807, 2.05) is 42.5 Å². The fraction of sp³-hybridized carbons (Fsp3) is 0.310. The van der Waals surface area contributed by atoms with Crippen LogP contribution in [0.5, 0.6) is 17.2 Å². The molecule has 188 valence electrons. The number of hydrogen-bond acceptors (Lipinski definition) is 5. The van der Waals surface area contributed by atoms with E-state index in [4.69, 9.17) is 14.2 Å². The fourth-order valence-electron chi connectivity index (χ4n) is 3.92. The standard InChI is InChI=1S/C29H32N2O5/c1-2-22-11-14-25(15-12-22)35-19-7-17-31-26-20-23(13-16-27(26)36-21-29(31)33)30-28(32)10-6-18-34-24-8-4-3-5-9-24/h3-5,8-9,11-16,20H,2,6-7,10,17-19,21H2,1H3,(H,30,32). The summed E-state index contributed by atoms with van der Waals surface area (Å²) in [6.07, 6.45) is 2.59. The smallest absolute Gasteiger partial charge is 0.265 e. The predicted octanol–water partition coefficient (Wildman–Crippen LogP) is 5.24. The molecule has 3 aromatic carbocycles. The van der Waals surface area contributed by atoms with Gasteiger partial charge < -0.3 is 24.4 Å². The Balaban J connectivity index is 1.27. The summed E-state index contributed by atoms with van der Waals surface area (Å²) >= 11 is 0. The number of para-hydroxylation sites is 1. The molecule has 3 aromatic rings. The second kappa shape index (κ2) is 12.6. The van der Waals surface area contributed by atoms with Crippen LogP contribution < -0.4 is 24.4 Å². The molecule has 1 heterocycles. The van der Waals surface area contributed by atoms with Crippen LogP contribution in [0.15, 0.2) is 72.8 Å². The Hall–Kier alpha value is -4.00. The SMILES string of the molecule is CCc1ccc(OCCCN2C(=O)COc3ccc(NC(=O)CCCOc4ccccc4)cc32)cc1. The first-order valence-electron chi connectivity index (χ1n) is 12.4. The van der Waals surface area contributed by atoms with Gasteiger partial charge in [0.05, 0.1) is 18.9 Å². The van der Waals surface area contributed by atoms with Gasteiger partial charge in [0.15, 0.2) is 6.61 Å². The molecule has 2 amide bonds. The number of carbonyl (C=O) groups excluding carboxylic acids is 2. The van der Waals surface area contributed by atoms with Crippen molar-refractivity contribution in [3.63, 3.8) is 0 Å². The van der Waals surface area contributed by atoms with Crippen molar-refractivity contribution in [2.45, 2.75) is 32.6 Å². The largest absolute Gasteiger partial charge is 0.494 e. The second-order valence-electron chi connectivity index (χ2n) is 8.53. The van der Waals surface area contributed by atoms with Gasteiger partial charge in [-0.3, -0.25) is 9.59 Å². The lowest BCUT2D eigenvalue weighted by Crippen LogP contribution is -2.39. The number of anilines is 2. The quantitative estimate of drug-likeness (QED) is 0.353. The van der Waals surface area contributed by atoms with Gasteiger partial charge >= 0.3 is 0 Å². The van der Waals surface area contributed by atoms with Crippen LogP contribution in [0.2, 0.25) is 0 Å². The normalized spacial score (nSPS) is 12.5. The topological polar surface area (TPSA) is 77.1 Å². The zero-order chi connectivity index (χ0) is 25.2. The Morgan fingerprint density at radius 2 is 1.67 bits per heavy atom. The Kier molecular flexibility index (Phi) is 8.81. The molecule has 1 aliphatic rings. The van der Waals surface area contributed by atoms with Gasteiger partial charge in [-0.2, -0.15) is 0 Å². The van der Waals surface area contributed by atoms with E-state index in [1.165, 1.54) is 5.56 Å². The summed E-state index contributed by atoms with van der Waals surface area (Å²) in [6.45, 7) is 3.57. The van der Waals surface area contributed by atoms with Crippen molar-refractivity contribution in [3.8, 4) is 17.2 Å². The van der Waals surface area contributed by atoms with Crippen molar-refractivity contribution < 1.29 is 23.8 Å². The molecule has 0 unspecified atom stereocenters. The van der Waals surface area contributed by atoms with Crippen LogP contribution in [0.3, 0.4) is 0 Å². The number of hydrogen-bond donors (Lipinski definition) is 1. The van der Waals surface area contributed by atoms with E-state index in [9.17, 15) is 9.59 Å². The molecule has 1 aliphatic heterocycles. The summed E-state index contributed by atoms with van der Waals surface area (Å²) in [7, 11) is 0. The number of nitrogens with zero attached hydrogens (tertiary/aromatic N) is 1. The molecule has 0 radical (unpaired) electrons.